The lowest BCUT2D eigenvalue weighted by Gasteiger charge is -2.20. The molecule has 3 aromatic carbocycles. The molecule has 0 amide bonds. The molecule has 0 fully saturated rings. The van der Waals surface area contributed by atoms with Crippen molar-refractivity contribution in [1.82, 2.24) is 4.98 Å². The van der Waals surface area contributed by atoms with Gasteiger partial charge < -0.3 is 9.64 Å². The fourth-order valence-electron chi connectivity index (χ4n) is 3.81. The minimum Gasteiger partial charge on any atom is -0.497 e. The summed E-state index contributed by atoms with van der Waals surface area (Å²) in [6.45, 7) is 6.32. The summed E-state index contributed by atoms with van der Waals surface area (Å²) in [6, 6.07) is 26.5. The van der Waals surface area contributed by atoms with Crippen molar-refractivity contribution >= 4 is 40.6 Å². The molecule has 1 N–H and O–H groups in total. The molecule has 0 spiro atoms. The van der Waals surface area contributed by atoms with Gasteiger partial charge >= 0.3 is 0 Å². The van der Waals surface area contributed by atoms with Crippen molar-refractivity contribution < 1.29 is 4.74 Å². The molecule has 4 aromatic rings. The normalized spacial score (nSPS) is 11.4. The van der Waals surface area contributed by atoms with E-state index in [0.717, 1.165) is 52.3 Å². The largest absolute Gasteiger partial charge is 0.497 e. The molecule has 0 saturated carbocycles. The topological polar surface area (TPSA) is 49.8 Å². The van der Waals surface area contributed by atoms with Gasteiger partial charge in [-0.2, -0.15) is 5.10 Å². The van der Waals surface area contributed by atoms with Gasteiger partial charge in [0.25, 0.3) is 0 Å². The maximum Gasteiger partial charge on any atom is 0.119 e. The zero-order valence-electron chi connectivity index (χ0n) is 19.9. The first-order chi connectivity index (χ1) is 16.7. The number of methoxy groups -OCH3 is 1. The Hall–Kier alpha value is -4.12. The molecule has 5 nitrogen and oxygen atoms in total. The first-order valence-electron chi connectivity index (χ1n) is 11.6. The van der Waals surface area contributed by atoms with Crippen LogP contribution >= 0.6 is 0 Å². The van der Waals surface area contributed by atoms with Crippen LogP contribution in [0.5, 0.6) is 5.75 Å². The Kier molecular flexibility index (Phi) is 7.56. The summed E-state index contributed by atoms with van der Waals surface area (Å²) in [4.78, 5) is 7.12. The third kappa shape index (κ3) is 5.62. The van der Waals surface area contributed by atoms with Gasteiger partial charge in [-0.3, -0.25) is 5.43 Å². The minimum absolute atomic E-state index is 0.779. The number of rotatable bonds is 9. The number of fused-ring (bicyclic) bond motifs is 1. The predicted molar refractivity (Wildman–Crippen MR) is 145 cm³/mol. The van der Waals surface area contributed by atoms with Crippen molar-refractivity contribution in [3.63, 3.8) is 0 Å². The second kappa shape index (κ2) is 11.1. The molecule has 0 unspecified atom stereocenters. The van der Waals surface area contributed by atoms with Gasteiger partial charge in [0.2, 0.25) is 0 Å². The van der Waals surface area contributed by atoms with Gasteiger partial charge in [0.1, 0.15) is 5.75 Å². The molecular formula is C29H30N4O. The van der Waals surface area contributed by atoms with E-state index >= 15 is 0 Å². The summed E-state index contributed by atoms with van der Waals surface area (Å²) in [6.07, 6.45) is 5.90. The van der Waals surface area contributed by atoms with Crippen LogP contribution in [-0.4, -0.2) is 31.4 Å². The summed E-state index contributed by atoms with van der Waals surface area (Å²) in [5.41, 5.74) is 9.18. The van der Waals surface area contributed by atoms with E-state index in [1.807, 2.05) is 54.8 Å². The Bertz CT molecular complexity index is 1280. The Morgan fingerprint density at radius 3 is 2.35 bits per heavy atom. The lowest BCUT2D eigenvalue weighted by molar-refractivity contribution is 0.415. The molecule has 1 aromatic heterocycles. The zero-order valence-corrected chi connectivity index (χ0v) is 19.9. The first-order valence-corrected chi connectivity index (χ1v) is 11.6. The van der Waals surface area contributed by atoms with Gasteiger partial charge in [-0.25, -0.2) is 4.98 Å². The first kappa shape index (κ1) is 23.1. The van der Waals surface area contributed by atoms with E-state index in [9.17, 15) is 0 Å². The van der Waals surface area contributed by atoms with E-state index < -0.39 is 0 Å². The lowest BCUT2D eigenvalue weighted by atomic mass is 10.1. The molecule has 172 valence electrons. The standard InChI is InChI=1S/C29H30N4O/c1-4-33(5-2)25-15-12-23(13-16-25)21-30-32-29-19-24(14-11-22-9-7-6-8-10-22)31-28-18-17-26(34-3)20-27(28)29/h6-21H,4-5H2,1-3H3,(H,31,32)/b14-11+,30-21-. The van der Waals surface area contributed by atoms with Crippen LogP contribution in [0.15, 0.2) is 84.0 Å². The number of hydrazone groups is 1. The van der Waals surface area contributed by atoms with Crippen LogP contribution in [0.1, 0.15) is 30.7 Å². The molecule has 0 radical (unpaired) electrons. The second-order valence-electron chi connectivity index (χ2n) is 7.86. The quantitative estimate of drug-likeness (QED) is 0.228. The molecule has 0 atom stereocenters. The summed E-state index contributed by atoms with van der Waals surface area (Å²) >= 11 is 0. The van der Waals surface area contributed by atoms with E-state index in [0.29, 0.717) is 0 Å². The van der Waals surface area contributed by atoms with Crippen molar-refractivity contribution in [1.29, 1.82) is 0 Å². The number of hydrogen-bond acceptors (Lipinski definition) is 5. The van der Waals surface area contributed by atoms with Gasteiger partial charge in [-0.15, -0.1) is 0 Å². The number of anilines is 2. The number of hydrogen-bond donors (Lipinski definition) is 1. The van der Waals surface area contributed by atoms with Gasteiger partial charge in [-0.1, -0.05) is 48.5 Å². The van der Waals surface area contributed by atoms with E-state index in [1.54, 1.807) is 7.11 Å². The van der Waals surface area contributed by atoms with E-state index in [2.05, 4.69) is 71.7 Å². The summed E-state index contributed by atoms with van der Waals surface area (Å²) < 4.78 is 5.42. The van der Waals surface area contributed by atoms with Crippen molar-refractivity contribution in [2.45, 2.75) is 13.8 Å². The molecule has 5 heteroatoms. The highest BCUT2D eigenvalue weighted by Gasteiger charge is 2.06. The third-order valence-corrected chi connectivity index (χ3v) is 5.70. The summed E-state index contributed by atoms with van der Waals surface area (Å²) in [5, 5.41) is 5.46. The van der Waals surface area contributed by atoms with E-state index in [1.165, 1.54) is 5.69 Å². The number of pyridine rings is 1. The number of nitrogens with one attached hydrogen (secondary N) is 1. The van der Waals surface area contributed by atoms with Crippen molar-refractivity contribution in [3.05, 3.63) is 95.7 Å². The van der Waals surface area contributed by atoms with Gasteiger partial charge in [0, 0.05) is 24.2 Å². The van der Waals surface area contributed by atoms with Crippen LogP contribution in [-0.2, 0) is 0 Å². The van der Waals surface area contributed by atoms with Gasteiger partial charge in [-0.05, 0) is 67.4 Å². The molecule has 34 heavy (non-hydrogen) atoms. The smallest absolute Gasteiger partial charge is 0.119 e. The van der Waals surface area contributed by atoms with Crippen LogP contribution in [0.4, 0.5) is 11.4 Å². The Labute approximate surface area is 201 Å². The zero-order chi connectivity index (χ0) is 23.8. The minimum atomic E-state index is 0.779. The van der Waals surface area contributed by atoms with Crippen LogP contribution < -0.4 is 15.1 Å². The molecule has 4 rings (SSSR count). The van der Waals surface area contributed by atoms with Crippen molar-refractivity contribution in [2.75, 3.05) is 30.5 Å². The highest BCUT2D eigenvalue weighted by molar-refractivity contribution is 5.94. The second-order valence-corrected chi connectivity index (χ2v) is 7.86. The van der Waals surface area contributed by atoms with Crippen molar-refractivity contribution in [2.24, 2.45) is 5.10 Å². The molecule has 0 aliphatic heterocycles. The molecule has 0 aliphatic carbocycles. The van der Waals surface area contributed by atoms with Crippen LogP contribution in [0.3, 0.4) is 0 Å². The Morgan fingerprint density at radius 1 is 0.882 bits per heavy atom. The number of ether oxygens (including phenoxy) is 1. The number of benzene rings is 3. The summed E-state index contributed by atoms with van der Waals surface area (Å²) in [5.74, 6) is 0.779. The van der Waals surface area contributed by atoms with E-state index in [4.69, 9.17) is 9.72 Å². The fourth-order valence-corrected chi connectivity index (χ4v) is 3.81. The molecule has 0 saturated heterocycles. The van der Waals surface area contributed by atoms with Crippen LogP contribution in [0, 0.1) is 0 Å². The summed E-state index contributed by atoms with van der Waals surface area (Å²) in [7, 11) is 1.67. The average Bonchev–Trinajstić information content (AvgIpc) is 2.89. The molecular weight excluding hydrogens is 420 g/mol. The van der Waals surface area contributed by atoms with Crippen LogP contribution in [0.2, 0.25) is 0 Å². The van der Waals surface area contributed by atoms with Gasteiger partial charge in [0.15, 0.2) is 0 Å². The van der Waals surface area contributed by atoms with Crippen molar-refractivity contribution in [3.8, 4) is 5.75 Å². The fraction of sp³-hybridized carbons (Fsp3) is 0.172. The average molecular weight is 451 g/mol. The highest BCUT2D eigenvalue weighted by atomic mass is 16.5. The maximum absolute atomic E-state index is 5.42. The Morgan fingerprint density at radius 2 is 1.65 bits per heavy atom. The van der Waals surface area contributed by atoms with Gasteiger partial charge in [0.05, 0.1) is 30.2 Å². The molecule has 0 aliphatic rings. The predicted octanol–water partition coefficient (Wildman–Crippen LogP) is 6.71. The number of aromatic nitrogens is 1. The third-order valence-electron chi connectivity index (χ3n) is 5.70. The highest BCUT2D eigenvalue weighted by Crippen LogP contribution is 2.28. The van der Waals surface area contributed by atoms with Crippen LogP contribution in [0.25, 0.3) is 23.1 Å². The molecule has 0 bridgehead atoms. The number of nitrogens with zero attached hydrogens (tertiary/aromatic N) is 3. The molecule has 1 heterocycles. The Balaban J connectivity index is 1.60. The lowest BCUT2D eigenvalue weighted by Crippen LogP contribution is -2.21. The van der Waals surface area contributed by atoms with E-state index in [-0.39, 0.29) is 0 Å². The SMILES string of the molecule is CCN(CC)c1ccc(/C=N\Nc2cc(/C=C/c3ccccc3)nc3ccc(OC)cc23)cc1. The maximum atomic E-state index is 5.42. The monoisotopic (exact) mass is 450 g/mol.